The van der Waals surface area contributed by atoms with E-state index < -0.39 is 0 Å². The first-order chi connectivity index (χ1) is 10.1. The molecule has 3 N–H and O–H groups in total. The number of nitrogens with one attached hydrogen (secondary N) is 1. The van der Waals surface area contributed by atoms with Crippen LogP contribution in [0.2, 0.25) is 0 Å². The van der Waals surface area contributed by atoms with Crippen molar-refractivity contribution in [1.29, 1.82) is 0 Å². The molecule has 0 aliphatic rings. The first-order valence-corrected chi connectivity index (χ1v) is 8.55. The van der Waals surface area contributed by atoms with Crippen LogP contribution in [-0.4, -0.2) is 30.6 Å². The molecule has 0 saturated heterocycles. The second-order valence-corrected chi connectivity index (χ2v) is 6.80. The maximum atomic E-state index is 5.94. The summed E-state index contributed by atoms with van der Waals surface area (Å²) in [7, 11) is 4.31. The minimum Gasteiger partial charge on any atom is -0.302 e. The van der Waals surface area contributed by atoms with Crippen LogP contribution >= 0.6 is 11.3 Å². The molecule has 0 bridgehead atoms. The summed E-state index contributed by atoms with van der Waals surface area (Å²) in [6, 6.07) is 8.85. The Balaban J connectivity index is 2.34. The van der Waals surface area contributed by atoms with E-state index in [-0.39, 0.29) is 11.6 Å². The predicted octanol–water partition coefficient (Wildman–Crippen LogP) is 3.40. The van der Waals surface area contributed by atoms with Crippen molar-refractivity contribution < 1.29 is 0 Å². The number of fused-ring (bicyclic) bond motifs is 1. The van der Waals surface area contributed by atoms with Crippen molar-refractivity contribution in [3.05, 3.63) is 35.2 Å². The van der Waals surface area contributed by atoms with Crippen LogP contribution in [-0.2, 0) is 6.42 Å². The summed E-state index contributed by atoms with van der Waals surface area (Å²) in [4.78, 5) is 2.33. The molecule has 1 heterocycles. The Labute approximate surface area is 132 Å². The average Bonchev–Trinajstić information content (AvgIpc) is 2.90. The highest BCUT2D eigenvalue weighted by Crippen LogP contribution is 2.32. The fourth-order valence-corrected chi connectivity index (χ4v) is 4.48. The summed E-state index contributed by atoms with van der Waals surface area (Å²) in [5, 5.41) is 3.64. The third-order valence-corrected chi connectivity index (χ3v) is 5.96. The van der Waals surface area contributed by atoms with E-state index in [4.69, 9.17) is 5.84 Å². The van der Waals surface area contributed by atoms with Gasteiger partial charge in [0.1, 0.15) is 0 Å². The zero-order valence-electron chi connectivity index (χ0n) is 13.5. The molecule has 0 amide bonds. The fourth-order valence-electron chi connectivity index (χ4n) is 3.50. The van der Waals surface area contributed by atoms with Crippen LogP contribution < -0.4 is 11.3 Å². The molecule has 0 aliphatic carbocycles. The van der Waals surface area contributed by atoms with Gasteiger partial charge in [-0.05, 0) is 55.8 Å². The van der Waals surface area contributed by atoms with E-state index in [1.54, 1.807) is 0 Å². The quantitative estimate of drug-likeness (QED) is 0.608. The van der Waals surface area contributed by atoms with E-state index >= 15 is 0 Å². The number of hydrazine groups is 1. The molecule has 21 heavy (non-hydrogen) atoms. The van der Waals surface area contributed by atoms with Gasteiger partial charge in [0.2, 0.25) is 0 Å². The number of thiophene rings is 1. The van der Waals surface area contributed by atoms with E-state index in [1.165, 1.54) is 15.6 Å². The summed E-state index contributed by atoms with van der Waals surface area (Å²) in [6.45, 7) is 4.50. The Morgan fingerprint density at radius 3 is 2.48 bits per heavy atom. The number of likely N-dealkylation sites (N-methyl/N-ethyl adjacent to an activating group) is 1. The van der Waals surface area contributed by atoms with Gasteiger partial charge in [-0.15, -0.1) is 11.3 Å². The highest BCUT2D eigenvalue weighted by Gasteiger charge is 2.37. The van der Waals surface area contributed by atoms with Crippen molar-refractivity contribution in [1.82, 2.24) is 10.3 Å². The van der Waals surface area contributed by atoms with Crippen LogP contribution in [0.25, 0.3) is 10.1 Å². The second-order valence-electron chi connectivity index (χ2n) is 5.89. The minimum atomic E-state index is 0.0811. The van der Waals surface area contributed by atoms with E-state index in [0.717, 1.165) is 19.3 Å². The van der Waals surface area contributed by atoms with Gasteiger partial charge in [-0.25, -0.2) is 0 Å². The molecular formula is C17H27N3S. The number of benzene rings is 1. The standard InChI is InChI=1S/C17H27N3S/c1-5-17(6-2,20(3)4)16(19-18)11-13-12-21-15-10-8-7-9-14(13)15/h7-10,12,16,19H,5-6,11,18H2,1-4H3. The Morgan fingerprint density at radius 1 is 1.24 bits per heavy atom. The normalized spacial score (nSPS) is 14.0. The molecule has 2 rings (SSSR count). The molecule has 4 heteroatoms. The Hall–Kier alpha value is -0.940. The van der Waals surface area contributed by atoms with Crippen LogP contribution in [0, 0.1) is 0 Å². The molecule has 0 radical (unpaired) electrons. The van der Waals surface area contributed by atoms with Crippen molar-refractivity contribution in [3.8, 4) is 0 Å². The molecule has 0 spiro atoms. The summed E-state index contributed by atoms with van der Waals surface area (Å²) in [5.74, 6) is 5.94. The maximum Gasteiger partial charge on any atom is 0.0435 e. The maximum absolute atomic E-state index is 5.94. The van der Waals surface area contributed by atoms with Crippen LogP contribution in [0.5, 0.6) is 0 Å². The second kappa shape index (κ2) is 6.88. The number of nitrogens with zero attached hydrogens (tertiary/aromatic N) is 1. The molecule has 1 aromatic carbocycles. The summed E-state index contributed by atoms with van der Waals surface area (Å²) in [6.07, 6.45) is 3.11. The molecule has 2 aromatic rings. The topological polar surface area (TPSA) is 41.3 Å². The first-order valence-electron chi connectivity index (χ1n) is 7.67. The van der Waals surface area contributed by atoms with Gasteiger partial charge in [0, 0.05) is 16.3 Å². The van der Waals surface area contributed by atoms with Gasteiger partial charge in [-0.1, -0.05) is 32.0 Å². The average molecular weight is 305 g/mol. The molecule has 1 aromatic heterocycles. The SMILES string of the molecule is CCC(CC)(C(Cc1csc2ccccc12)NN)N(C)C. The number of hydrogen-bond acceptors (Lipinski definition) is 4. The van der Waals surface area contributed by atoms with E-state index in [9.17, 15) is 0 Å². The molecule has 0 saturated carbocycles. The highest BCUT2D eigenvalue weighted by molar-refractivity contribution is 7.17. The predicted molar refractivity (Wildman–Crippen MR) is 93.6 cm³/mol. The third-order valence-electron chi connectivity index (χ3n) is 4.95. The van der Waals surface area contributed by atoms with E-state index in [2.05, 4.69) is 67.9 Å². The smallest absolute Gasteiger partial charge is 0.0435 e. The van der Waals surface area contributed by atoms with E-state index in [0.29, 0.717) is 0 Å². The van der Waals surface area contributed by atoms with Gasteiger partial charge < -0.3 is 4.90 Å². The van der Waals surface area contributed by atoms with Crippen molar-refractivity contribution in [3.63, 3.8) is 0 Å². The van der Waals surface area contributed by atoms with Crippen LogP contribution in [0.15, 0.2) is 29.6 Å². The molecule has 116 valence electrons. The monoisotopic (exact) mass is 305 g/mol. The summed E-state index contributed by atoms with van der Waals surface area (Å²) >= 11 is 1.82. The van der Waals surface area contributed by atoms with Gasteiger partial charge in [0.05, 0.1) is 0 Å². The third kappa shape index (κ3) is 2.99. The van der Waals surface area contributed by atoms with Gasteiger partial charge in [0.15, 0.2) is 0 Å². The fraction of sp³-hybridized carbons (Fsp3) is 0.529. The number of hydrogen-bond donors (Lipinski definition) is 2. The zero-order chi connectivity index (χ0) is 15.5. The van der Waals surface area contributed by atoms with Gasteiger partial charge in [-0.3, -0.25) is 11.3 Å². The molecular weight excluding hydrogens is 278 g/mol. The van der Waals surface area contributed by atoms with Gasteiger partial charge in [0.25, 0.3) is 0 Å². The highest BCUT2D eigenvalue weighted by atomic mass is 32.1. The lowest BCUT2D eigenvalue weighted by molar-refractivity contribution is 0.0884. The van der Waals surface area contributed by atoms with Crippen LogP contribution in [0.4, 0.5) is 0 Å². The molecule has 1 atom stereocenters. The summed E-state index contributed by atoms with van der Waals surface area (Å²) < 4.78 is 1.35. The largest absolute Gasteiger partial charge is 0.302 e. The van der Waals surface area contributed by atoms with Gasteiger partial charge >= 0.3 is 0 Å². The van der Waals surface area contributed by atoms with Crippen molar-refractivity contribution >= 4 is 21.4 Å². The lowest BCUT2D eigenvalue weighted by atomic mass is 9.80. The van der Waals surface area contributed by atoms with Gasteiger partial charge in [-0.2, -0.15) is 0 Å². The van der Waals surface area contributed by atoms with E-state index in [1.807, 2.05) is 11.3 Å². The number of nitrogens with two attached hydrogens (primary N) is 1. The molecule has 0 aliphatic heterocycles. The van der Waals surface area contributed by atoms with Crippen LogP contribution in [0.3, 0.4) is 0 Å². The lowest BCUT2D eigenvalue weighted by Gasteiger charge is -2.45. The zero-order valence-corrected chi connectivity index (χ0v) is 14.3. The van der Waals surface area contributed by atoms with Crippen molar-refractivity contribution in [2.75, 3.05) is 14.1 Å². The lowest BCUT2D eigenvalue weighted by Crippen LogP contribution is -2.61. The minimum absolute atomic E-state index is 0.0811. The van der Waals surface area contributed by atoms with Crippen molar-refractivity contribution in [2.45, 2.75) is 44.7 Å². The Kier molecular flexibility index (Phi) is 5.38. The molecule has 0 fully saturated rings. The molecule has 3 nitrogen and oxygen atoms in total. The molecule has 1 unspecified atom stereocenters. The Bertz CT molecular complexity index is 572. The van der Waals surface area contributed by atoms with Crippen molar-refractivity contribution in [2.24, 2.45) is 5.84 Å². The summed E-state index contributed by atoms with van der Waals surface area (Å²) in [5.41, 5.74) is 4.57. The van der Waals surface area contributed by atoms with Crippen LogP contribution in [0.1, 0.15) is 32.3 Å². The first kappa shape index (κ1) is 16.4. The Morgan fingerprint density at radius 2 is 1.90 bits per heavy atom. The number of rotatable bonds is 7.